The number of aromatic nitrogens is 1. The van der Waals surface area contributed by atoms with Crippen molar-refractivity contribution in [3.8, 4) is 0 Å². The van der Waals surface area contributed by atoms with Crippen molar-refractivity contribution >= 4 is 22.9 Å². The van der Waals surface area contributed by atoms with Crippen LogP contribution in [0.15, 0.2) is 18.3 Å². The highest BCUT2D eigenvalue weighted by Gasteiger charge is 2.01. The lowest BCUT2D eigenvalue weighted by Crippen LogP contribution is -2.29. The fourth-order valence-electron chi connectivity index (χ4n) is 1.75. The second kappa shape index (κ2) is 8.00. The summed E-state index contributed by atoms with van der Waals surface area (Å²) in [6, 6.07) is 3.80. The number of hydrogen-bond acceptors (Lipinski definition) is 4. The number of nitrogens with two attached hydrogens (primary N) is 1. The third-order valence-corrected chi connectivity index (χ3v) is 2.97. The van der Waals surface area contributed by atoms with E-state index in [9.17, 15) is 0 Å². The highest BCUT2D eigenvalue weighted by molar-refractivity contribution is 7.80. The molecule has 1 heterocycles. The molecule has 0 aliphatic carbocycles. The lowest BCUT2D eigenvalue weighted by molar-refractivity contribution is 0.300. The van der Waals surface area contributed by atoms with E-state index in [-0.39, 0.29) is 0 Å². The molecule has 0 aliphatic rings. The molecule has 4 nitrogen and oxygen atoms in total. The first kappa shape index (κ1) is 14.9. The van der Waals surface area contributed by atoms with Gasteiger partial charge in [-0.1, -0.05) is 26.1 Å². The number of thiocarbonyl (C=S) groups is 1. The zero-order chi connectivity index (χ0) is 13.4. The van der Waals surface area contributed by atoms with Gasteiger partial charge >= 0.3 is 0 Å². The van der Waals surface area contributed by atoms with Gasteiger partial charge in [-0.2, -0.15) is 0 Å². The van der Waals surface area contributed by atoms with Gasteiger partial charge in [-0.3, -0.25) is 4.98 Å². The maximum Gasteiger partial charge on any atom is 0.122 e. The molecule has 3 N–H and O–H groups in total. The molecular formula is C13H22N4S. The van der Waals surface area contributed by atoms with E-state index in [1.54, 1.807) is 6.20 Å². The van der Waals surface area contributed by atoms with Crippen molar-refractivity contribution in [2.75, 3.05) is 31.5 Å². The van der Waals surface area contributed by atoms with E-state index in [0.717, 1.165) is 31.9 Å². The summed E-state index contributed by atoms with van der Waals surface area (Å²) in [6.45, 7) is 8.59. The average Bonchev–Trinajstić information content (AvgIpc) is 2.38. The SMILES string of the molecule is CCCN(CC)CCNc1ccc(C(N)=S)nc1. The summed E-state index contributed by atoms with van der Waals surface area (Å²) in [5, 5.41) is 3.35. The lowest BCUT2D eigenvalue weighted by atomic mass is 10.3. The van der Waals surface area contributed by atoms with Crippen molar-refractivity contribution in [3.63, 3.8) is 0 Å². The molecular weight excluding hydrogens is 244 g/mol. The molecule has 0 radical (unpaired) electrons. The minimum atomic E-state index is 0.335. The van der Waals surface area contributed by atoms with Crippen LogP contribution in [0.4, 0.5) is 5.69 Å². The van der Waals surface area contributed by atoms with E-state index >= 15 is 0 Å². The van der Waals surface area contributed by atoms with Gasteiger partial charge in [0.15, 0.2) is 0 Å². The first-order valence-electron chi connectivity index (χ1n) is 6.39. The summed E-state index contributed by atoms with van der Waals surface area (Å²) in [7, 11) is 0. The average molecular weight is 266 g/mol. The van der Waals surface area contributed by atoms with Gasteiger partial charge in [0.2, 0.25) is 0 Å². The molecule has 0 bridgehead atoms. The Morgan fingerprint density at radius 2 is 2.17 bits per heavy atom. The predicted octanol–water partition coefficient (Wildman–Crippen LogP) is 1.86. The molecule has 1 rings (SSSR count). The molecule has 5 heteroatoms. The lowest BCUT2D eigenvalue weighted by Gasteiger charge is -2.19. The van der Waals surface area contributed by atoms with Crippen LogP contribution in [0, 0.1) is 0 Å². The van der Waals surface area contributed by atoms with Gasteiger partial charge in [0.25, 0.3) is 0 Å². The monoisotopic (exact) mass is 266 g/mol. The number of nitrogens with zero attached hydrogens (tertiary/aromatic N) is 2. The van der Waals surface area contributed by atoms with E-state index in [0.29, 0.717) is 10.7 Å². The molecule has 0 atom stereocenters. The van der Waals surface area contributed by atoms with E-state index in [1.807, 2.05) is 12.1 Å². The van der Waals surface area contributed by atoms with Gasteiger partial charge < -0.3 is 16.0 Å². The smallest absolute Gasteiger partial charge is 0.122 e. The maximum absolute atomic E-state index is 5.50. The van der Waals surface area contributed by atoms with Crippen LogP contribution in [0.2, 0.25) is 0 Å². The maximum atomic E-state index is 5.50. The first-order valence-corrected chi connectivity index (χ1v) is 6.80. The van der Waals surface area contributed by atoms with Crippen LogP contribution >= 0.6 is 12.2 Å². The standard InChI is InChI=1S/C13H22N4S/c1-3-8-17(4-2)9-7-15-11-5-6-12(13(14)18)16-10-11/h5-6,10,15H,3-4,7-9H2,1-2H3,(H2,14,18). The number of pyridine rings is 1. The minimum absolute atomic E-state index is 0.335. The second-order valence-electron chi connectivity index (χ2n) is 4.16. The highest BCUT2D eigenvalue weighted by atomic mass is 32.1. The van der Waals surface area contributed by atoms with Crippen molar-refractivity contribution in [2.45, 2.75) is 20.3 Å². The highest BCUT2D eigenvalue weighted by Crippen LogP contribution is 2.05. The predicted molar refractivity (Wildman–Crippen MR) is 81.0 cm³/mol. The van der Waals surface area contributed by atoms with E-state index in [2.05, 4.69) is 29.0 Å². The van der Waals surface area contributed by atoms with Crippen LogP contribution in [-0.2, 0) is 0 Å². The molecule has 0 amide bonds. The normalized spacial score (nSPS) is 10.6. The Hall–Kier alpha value is -1.20. The van der Waals surface area contributed by atoms with Gasteiger partial charge in [-0.15, -0.1) is 0 Å². The van der Waals surface area contributed by atoms with Gasteiger partial charge in [-0.05, 0) is 31.6 Å². The topological polar surface area (TPSA) is 54.2 Å². The Labute approximate surface area is 115 Å². The molecule has 1 aromatic heterocycles. The minimum Gasteiger partial charge on any atom is -0.388 e. The van der Waals surface area contributed by atoms with Crippen molar-refractivity contribution in [1.82, 2.24) is 9.88 Å². The van der Waals surface area contributed by atoms with Gasteiger partial charge in [0, 0.05) is 13.1 Å². The van der Waals surface area contributed by atoms with Crippen molar-refractivity contribution in [2.24, 2.45) is 5.73 Å². The molecule has 0 spiro atoms. The Bertz CT molecular complexity index is 364. The van der Waals surface area contributed by atoms with Crippen molar-refractivity contribution in [3.05, 3.63) is 24.0 Å². The Balaban J connectivity index is 2.37. The number of hydrogen-bond donors (Lipinski definition) is 2. The van der Waals surface area contributed by atoms with Gasteiger partial charge in [-0.25, -0.2) is 0 Å². The van der Waals surface area contributed by atoms with Crippen LogP contribution in [0.3, 0.4) is 0 Å². The summed E-state index contributed by atoms with van der Waals surface area (Å²) in [4.78, 5) is 6.95. The van der Waals surface area contributed by atoms with E-state index < -0.39 is 0 Å². The van der Waals surface area contributed by atoms with Gasteiger partial charge in [0.1, 0.15) is 4.99 Å². The fraction of sp³-hybridized carbons (Fsp3) is 0.538. The van der Waals surface area contributed by atoms with Crippen LogP contribution in [0.25, 0.3) is 0 Å². The van der Waals surface area contributed by atoms with Crippen LogP contribution < -0.4 is 11.1 Å². The van der Waals surface area contributed by atoms with Gasteiger partial charge in [0.05, 0.1) is 17.6 Å². The summed E-state index contributed by atoms with van der Waals surface area (Å²) < 4.78 is 0. The molecule has 18 heavy (non-hydrogen) atoms. The summed E-state index contributed by atoms with van der Waals surface area (Å²) in [5.41, 5.74) is 7.16. The molecule has 0 aromatic carbocycles. The van der Waals surface area contributed by atoms with Crippen LogP contribution in [0.5, 0.6) is 0 Å². The zero-order valence-electron chi connectivity index (χ0n) is 11.1. The number of anilines is 1. The van der Waals surface area contributed by atoms with Crippen molar-refractivity contribution in [1.29, 1.82) is 0 Å². The Kier molecular flexibility index (Phi) is 6.60. The first-order chi connectivity index (χ1) is 8.67. The third kappa shape index (κ3) is 4.98. The summed E-state index contributed by atoms with van der Waals surface area (Å²) >= 11 is 4.86. The molecule has 0 saturated carbocycles. The Morgan fingerprint density at radius 3 is 2.67 bits per heavy atom. The molecule has 0 fully saturated rings. The van der Waals surface area contributed by atoms with Crippen LogP contribution in [0.1, 0.15) is 26.0 Å². The summed E-state index contributed by atoms with van der Waals surface area (Å²) in [6.07, 6.45) is 2.96. The molecule has 0 aliphatic heterocycles. The number of likely N-dealkylation sites (N-methyl/N-ethyl adjacent to an activating group) is 1. The molecule has 0 unspecified atom stereocenters. The fourth-order valence-corrected chi connectivity index (χ4v) is 1.87. The second-order valence-corrected chi connectivity index (χ2v) is 4.60. The van der Waals surface area contributed by atoms with Crippen LogP contribution in [-0.4, -0.2) is 41.1 Å². The third-order valence-electron chi connectivity index (χ3n) is 2.76. The Morgan fingerprint density at radius 1 is 1.39 bits per heavy atom. The van der Waals surface area contributed by atoms with E-state index in [4.69, 9.17) is 18.0 Å². The number of rotatable bonds is 8. The summed E-state index contributed by atoms with van der Waals surface area (Å²) in [5.74, 6) is 0. The quantitative estimate of drug-likeness (QED) is 0.703. The number of nitrogens with one attached hydrogen (secondary N) is 1. The van der Waals surface area contributed by atoms with Crippen molar-refractivity contribution < 1.29 is 0 Å². The van der Waals surface area contributed by atoms with E-state index in [1.165, 1.54) is 6.42 Å². The molecule has 100 valence electrons. The molecule has 1 aromatic rings. The largest absolute Gasteiger partial charge is 0.388 e. The molecule has 0 saturated heterocycles. The zero-order valence-corrected chi connectivity index (χ0v) is 12.0.